The average Bonchev–Trinajstić information content (AvgIpc) is 2.46. The minimum absolute atomic E-state index is 0.127. The number of aromatic hydroxyl groups is 1. The van der Waals surface area contributed by atoms with Crippen molar-refractivity contribution in [2.45, 2.75) is 19.4 Å². The fourth-order valence-corrected chi connectivity index (χ4v) is 3.14. The molecular formula is C17H16BrNO2. The van der Waals surface area contributed by atoms with E-state index in [0.717, 1.165) is 28.6 Å². The van der Waals surface area contributed by atoms with Crippen molar-refractivity contribution in [2.75, 3.05) is 6.54 Å². The number of hydrogen-bond acceptors (Lipinski definition) is 2. The first-order chi connectivity index (χ1) is 10.1. The molecule has 2 aromatic rings. The van der Waals surface area contributed by atoms with Crippen LogP contribution in [0.25, 0.3) is 0 Å². The number of rotatable bonds is 2. The third kappa shape index (κ3) is 3.27. The van der Waals surface area contributed by atoms with Crippen molar-refractivity contribution in [1.82, 2.24) is 4.90 Å². The maximum atomic E-state index is 12.4. The number of carbonyl (C=O) groups is 1. The summed E-state index contributed by atoms with van der Waals surface area (Å²) in [4.78, 5) is 14.3. The van der Waals surface area contributed by atoms with Crippen LogP contribution in [0.15, 0.2) is 46.9 Å². The molecule has 0 atom stereocenters. The number of carbonyl (C=O) groups excluding carboxylic acids is 1. The van der Waals surface area contributed by atoms with Gasteiger partial charge in [0, 0.05) is 17.6 Å². The summed E-state index contributed by atoms with van der Waals surface area (Å²) >= 11 is 3.42. The van der Waals surface area contributed by atoms with Crippen LogP contribution in [0.2, 0.25) is 0 Å². The lowest BCUT2D eigenvalue weighted by atomic mass is 9.99. The summed E-state index contributed by atoms with van der Waals surface area (Å²) in [6.07, 6.45) is 1.26. The van der Waals surface area contributed by atoms with E-state index in [0.29, 0.717) is 13.0 Å². The zero-order valence-corrected chi connectivity index (χ0v) is 13.1. The van der Waals surface area contributed by atoms with Crippen molar-refractivity contribution in [3.63, 3.8) is 0 Å². The number of benzene rings is 2. The standard InChI is InChI=1S/C17H16BrNO2/c18-15-3-1-2-12(8-15)9-17(21)19-7-6-13-4-5-16(20)10-14(13)11-19/h1-5,8,10,20H,6-7,9,11H2. The van der Waals surface area contributed by atoms with Crippen molar-refractivity contribution < 1.29 is 9.90 Å². The van der Waals surface area contributed by atoms with E-state index in [9.17, 15) is 9.90 Å². The Morgan fingerprint density at radius 1 is 1.19 bits per heavy atom. The Balaban J connectivity index is 1.72. The van der Waals surface area contributed by atoms with E-state index >= 15 is 0 Å². The molecule has 0 bridgehead atoms. The Labute approximate surface area is 132 Å². The van der Waals surface area contributed by atoms with Gasteiger partial charge in [-0.2, -0.15) is 0 Å². The SMILES string of the molecule is O=C(Cc1cccc(Br)c1)N1CCc2ccc(O)cc2C1. The lowest BCUT2D eigenvalue weighted by Crippen LogP contribution is -2.36. The van der Waals surface area contributed by atoms with Crippen LogP contribution in [0.4, 0.5) is 0 Å². The van der Waals surface area contributed by atoms with Crippen molar-refractivity contribution in [1.29, 1.82) is 0 Å². The molecule has 21 heavy (non-hydrogen) atoms. The van der Waals surface area contributed by atoms with Crippen molar-refractivity contribution in [3.05, 3.63) is 63.6 Å². The lowest BCUT2D eigenvalue weighted by Gasteiger charge is -2.29. The normalized spacial score (nSPS) is 13.9. The first kappa shape index (κ1) is 14.1. The third-order valence-electron chi connectivity index (χ3n) is 3.80. The zero-order valence-electron chi connectivity index (χ0n) is 11.6. The Bertz CT molecular complexity index is 684. The van der Waals surface area contributed by atoms with Gasteiger partial charge in [-0.1, -0.05) is 34.1 Å². The van der Waals surface area contributed by atoms with Crippen molar-refractivity contribution >= 4 is 21.8 Å². The molecule has 0 aliphatic carbocycles. The fraction of sp³-hybridized carbons (Fsp3) is 0.235. The second-order valence-corrected chi connectivity index (χ2v) is 6.24. The summed E-state index contributed by atoms with van der Waals surface area (Å²) in [5, 5.41) is 9.57. The van der Waals surface area contributed by atoms with Crippen LogP contribution in [0.3, 0.4) is 0 Å². The first-order valence-corrected chi connectivity index (χ1v) is 7.74. The second kappa shape index (κ2) is 5.90. The number of phenolic OH excluding ortho intramolecular Hbond substituents is 1. The van der Waals surface area contributed by atoms with Gasteiger partial charge in [0.05, 0.1) is 6.42 Å². The smallest absolute Gasteiger partial charge is 0.227 e. The monoisotopic (exact) mass is 345 g/mol. The summed E-state index contributed by atoms with van der Waals surface area (Å²) in [6, 6.07) is 13.2. The number of amides is 1. The van der Waals surface area contributed by atoms with Gasteiger partial charge >= 0.3 is 0 Å². The van der Waals surface area contributed by atoms with Crippen LogP contribution in [-0.2, 0) is 24.2 Å². The summed E-state index contributed by atoms with van der Waals surface area (Å²) in [5.74, 6) is 0.386. The summed E-state index contributed by atoms with van der Waals surface area (Å²) in [7, 11) is 0. The van der Waals surface area contributed by atoms with Crippen LogP contribution in [0.5, 0.6) is 5.75 Å². The van der Waals surface area contributed by atoms with Gasteiger partial charge < -0.3 is 10.0 Å². The van der Waals surface area contributed by atoms with E-state index in [4.69, 9.17) is 0 Å². The zero-order chi connectivity index (χ0) is 14.8. The molecular weight excluding hydrogens is 330 g/mol. The van der Waals surface area contributed by atoms with Crippen LogP contribution >= 0.6 is 15.9 Å². The predicted molar refractivity (Wildman–Crippen MR) is 85.1 cm³/mol. The largest absolute Gasteiger partial charge is 0.508 e. The average molecular weight is 346 g/mol. The predicted octanol–water partition coefficient (Wildman–Crippen LogP) is 3.28. The van der Waals surface area contributed by atoms with E-state index in [-0.39, 0.29) is 11.7 Å². The van der Waals surface area contributed by atoms with Gasteiger partial charge in [0.2, 0.25) is 5.91 Å². The van der Waals surface area contributed by atoms with Crippen LogP contribution in [0, 0.1) is 0 Å². The van der Waals surface area contributed by atoms with Crippen molar-refractivity contribution in [3.8, 4) is 5.75 Å². The van der Waals surface area contributed by atoms with Crippen LogP contribution < -0.4 is 0 Å². The molecule has 0 unspecified atom stereocenters. The minimum atomic E-state index is 0.127. The third-order valence-corrected chi connectivity index (χ3v) is 4.29. The van der Waals surface area contributed by atoms with Gasteiger partial charge in [-0.25, -0.2) is 0 Å². The molecule has 0 spiro atoms. The number of hydrogen-bond donors (Lipinski definition) is 1. The van der Waals surface area contributed by atoms with E-state index in [1.807, 2.05) is 35.2 Å². The summed E-state index contributed by atoms with van der Waals surface area (Å²) in [5.41, 5.74) is 3.28. The molecule has 0 radical (unpaired) electrons. The highest BCUT2D eigenvalue weighted by Crippen LogP contribution is 2.23. The number of phenols is 1. The van der Waals surface area contributed by atoms with Gasteiger partial charge in [0.25, 0.3) is 0 Å². The van der Waals surface area contributed by atoms with E-state index in [2.05, 4.69) is 15.9 Å². The Morgan fingerprint density at radius 3 is 2.86 bits per heavy atom. The van der Waals surface area contributed by atoms with Gasteiger partial charge in [0.1, 0.15) is 5.75 Å². The van der Waals surface area contributed by atoms with Gasteiger partial charge in [-0.15, -0.1) is 0 Å². The molecule has 3 rings (SSSR count). The lowest BCUT2D eigenvalue weighted by molar-refractivity contribution is -0.131. The summed E-state index contributed by atoms with van der Waals surface area (Å²) < 4.78 is 0.988. The molecule has 0 aromatic heterocycles. The molecule has 0 saturated heterocycles. The molecule has 2 aromatic carbocycles. The molecule has 1 N–H and O–H groups in total. The Morgan fingerprint density at radius 2 is 2.05 bits per heavy atom. The number of fused-ring (bicyclic) bond motifs is 1. The number of nitrogens with zero attached hydrogens (tertiary/aromatic N) is 1. The number of halogens is 1. The highest BCUT2D eigenvalue weighted by Gasteiger charge is 2.21. The minimum Gasteiger partial charge on any atom is -0.508 e. The maximum Gasteiger partial charge on any atom is 0.227 e. The molecule has 108 valence electrons. The molecule has 1 aliphatic heterocycles. The Hall–Kier alpha value is -1.81. The van der Waals surface area contributed by atoms with Crippen LogP contribution in [0.1, 0.15) is 16.7 Å². The molecule has 4 heteroatoms. The topological polar surface area (TPSA) is 40.5 Å². The van der Waals surface area contributed by atoms with E-state index < -0.39 is 0 Å². The first-order valence-electron chi connectivity index (χ1n) is 6.95. The molecule has 1 aliphatic rings. The Kier molecular flexibility index (Phi) is 3.97. The fourth-order valence-electron chi connectivity index (χ4n) is 2.69. The van der Waals surface area contributed by atoms with Crippen LogP contribution in [-0.4, -0.2) is 22.5 Å². The molecule has 0 saturated carbocycles. The maximum absolute atomic E-state index is 12.4. The molecule has 0 fully saturated rings. The van der Waals surface area contributed by atoms with Gasteiger partial charge in [-0.3, -0.25) is 4.79 Å². The molecule has 1 amide bonds. The molecule has 3 nitrogen and oxygen atoms in total. The van der Waals surface area contributed by atoms with Gasteiger partial charge in [0.15, 0.2) is 0 Å². The highest BCUT2D eigenvalue weighted by atomic mass is 79.9. The molecule has 1 heterocycles. The van der Waals surface area contributed by atoms with E-state index in [1.165, 1.54) is 5.56 Å². The van der Waals surface area contributed by atoms with Gasteiger partial charge in [-0.05, 0) is 47.4 Å². The summed E-state index contributed by atoms with van der Waals surface area (Å²) in [6.45, 7) is 1.32. The van der Waals surface area contributed by atoms with E-state index in [1.54, 1.807) is 12.1 Å². The highest BCUT2D eigenvalue weighted by molar-refractivity contribution is 9.10. The van der Waals surface area contributed by atoms with Crippen molar-refractivity contribution in [2.24, 2.45) is 0 Å². The quantitative estimate of drug-likeness (QED) is 0.907. The second-order valence-electron chi connectivity index (χ2n) is 5.33.